The van der Waals surface area contributed by atoms with Crippen LogP contribution in [0.2, 0.25) is 0 Å². The number of thiazole rings is 3. The van der Waals surface area contributed by atoms with E-state index >= 15 is 0 Å². The maximum absolute atomic E-state index is 5.56. The lowest BCUT2D eigenvalue weighted by molar-refractivity contribution is 0.415. The average Bonchev–Trinajstić information content (AvgIpc) is 3.84. The smallest absolute Gasteiger partial charge is 0.190 e. The van der Waals surface area contributed by atoms with Gasteiger partial charge in [-0.25, -0.2) is 15.0 Å². The van der Waals surface area contributed by atoms with Crippen LogP contribution in [0.3, 0.4) is 0 Å². The highest BCUT2D eigenvalue weighted by atomic mass is 32.1. The number of methoxy groups -OCH3 is 3. The summed E-state index contributed by atoms with van der Waals surface area (Å²) in [5.74, 6) is 2.41. The van der Waals surface area contributed by atoms with Crippen molar-refractivity contribution in [3.05, 3.63) is 91.1 Å². The van der Waals surface area contributed by atoms with E-state index in [1.807, 2.05) is 36.4 Å². The van der Waals surface area contributed by atoms with E-state index in [0.29, 0.717) is 0 Å². The van der Waals surface area contributed by atoms with Gasteiger partial charge >= 0.3 is 0 Å². The number of ether oxygens (including phenoxy) is 3. The Morgan fingerprint density at radius 1 is 0.500 bits per heavy atom. The molecule has 6 aromatic rings. The largest absolute Gasteiger partial charge is 0.497 e. The Labute approximate surface area is 291 Å². The molecule has 0 amide bonds. The number of nitrogens with zero attached hydrogens (tertiary/aromatic N) is 6. The van der Waals surface area contributed by atoms with E-state index in [2.05, 4.69) is 90.1 Å². The van der Waals surface area contributed by atoms with Crippen LogP contribution in [0.1, 0.15) is 20.8 Å². The standard InChI is InChI=1S/C36H36N6O3S3/c1-7-10-31-40(34-37-25-16-13-22(43-4)19-28(25)46-34)32(11-8-2)42(36-39-27-18-15-24(45-6)21-30(27)48-36)33(12-9-3)41(31)35-38-26-17-14-23(44-5)20-29(26)47-35/h7-21,31-33H,1-6H3/b10-7+,11-8+,12-9+. The van der Waals surface area contributed by atoms with Crippen LogP contribution in [0, 0.1) is 0 Å². The minimum absolute atomic E-state index is 0.243. The van der Waals surface area contributed by atoms with Gasteiger partial charge in [0.05, 0.1) is 52.0 Å². The molecule has 4 heterocycles. The predicted octanol–water partition coefficient (Wildman–Crippen LogP) is 9.08. The van der Waals surface area contributed by atoms with Gasteiger partial charge in [0, 0.05) is 0 Å². The first-order valence-electron chi connectivity index (χ1n) is 15.6. The summed E-state index contributed by atoms with van der Waals surface area (Å²) in [6, 6.07) is 18.1. The van der Waals surface area contributed by atoms with Gasteiger partial charge in [0.2, 0.25) is 0 Å². The molecule has 0 unspecified atom stereocenters. The third kappa shape index (κ3) is 5.63. The van der Waals surface area contributed by atoms with Gasteiger partial charge in [0.25, 0.3) is 0 Å². The van der Waals surface area contributed by atoms with Crippen LogP contribution in [-0.2, 0) is 0 Å². The Bertz CT molecular complexity index is 1910. The molecular weight excluding hydrogens is 661 g/mol. The molecule has 48 heavy (non-hydrogen) atoms. The molecule has 1 aliphatic rings. The zero-order valence-corrected chi connectivity index (χ0v) is 30.0. The molecule has 0 bridgehead atoms. The Balaban J connectivity index is 1.49. The minimum atomic E-state index is -0.243. The molecule has 0 spiro atoms. The second kappa shape index (κ2) is 13.5. The Morgan fingerprint density at radius 2 is 0.792 bits per heavy atom. The average molecular weight is 697 g/mol. The molecule has 12 heteroatoms. The van der Waals surface area contributed by atoms with Gasteiger partial charge in [0.15, 0.2) is 15.4 Å². The predicted molar refractivity (Wildman–Crippen MR) is 202 cm³/mol. The van der Waals surface area contributed by atoms with Gasteiger partial charge in [-0.3, -0.25) is 14.7 Å². The fourth-order valence-electron chi connectivity index (χ4n) is 6.01. The maximum atomic E-state index is 5.56. The summed E-state index contributed by atoms with van der Waals surface area (Å²) < 4.78 is 19.8. The molecule has 0 aliphatic carbocycles. The maximum Gasteiger partial charge on any atom is 0.190 e. The zero-order chi connectivity index (χ0) is 33.4. The van der Waals surface area contributed by atoms with Gasteiger partial charge in [0.1, 0.15) is 35.7 Å². The highest BCUT2D eigenvalue weighted by Crippen LogP contribution is 2.45. The van der Waals surface area contributed by atoms with E-state index in [9.17, 15) is 0 Å². The van der Waals surface area contributed by atoms with Crippen LogP contribution < -0.4 is 28.9 Å². The quantitative estimate of drug-likeness (QED) is 0.138. The number of hydrogen-bond acceptors (Lipinski definition) is 12. The number of aromatic nitrogens is 3. The molecule has 3 aromatic carbocycles. The van der Waals surface area contributed by atoms with Gasteiger partial charge < -0.3 is 14.2 Å². The molecule has 7 rings (SSSR count). The van der Waals surface area contributed by atoms with E-state index in [-0.39, 0.29) is 18.5 Å². The van der Waals surface area contributed by atoms with Gasteiger partial charge in [-0.1, -0.05) is 52.2 Å². The van der Waals surface area contributed by atoms with Crippen molar-refractivity contribution in [2.75, 3.05) is 36.0 Å². The number of rotatable bonds is 9. The number of fused-ring (bicyclic) bond motifs is 3. The van der Waals surface area contributed by atoms with Crippen LogP contribution >= 0.6 is 34.0 Å². The van der Waals surface area contributed by atoms with E-state index in [1.54, 1.807) is 55.3 Å². The van der Waals surface area contributed by atoms with Gasteiger partial charge in [-0.2, -0.15) is 0 Å². The van der Waals surface area contributed by atoms with E-state index in [1.165, 1.54) is 0 Å². The molecule has 0 N–H and O–H groups in total. The molecule has 3 aromatic heterocycles. The lowest BCUT2D eigenvalue weighted by atomic mass is 10.1. The third-order valence-corrected chi connectivity index (χ3v) is 11.3. The van der Waals surface area contributed by atoms with Crippen LogP contribution in [-0.4, -0.2) is 54.8 Å². The molecule has 1 fully saturated rings. The molecule has 0 saturated carbocycles. The van der Waals surface area contributed by atoms with Crippen molar-refractivity contribution in [3.63, 3.8) is 0 Å². The molecule has 0 radical (unpaired) electrons. The summed E-state index contributed by atoms with van der Waals surface area (Å²) in [5, 5.41) is 2.64. The van der Waals surface area contributed by atoms with Crippen molar-refractivity contribution < 1.29 is 14.2 Å². The number of allylic oxidation sites excluding steroid dienone is 3. The fourth-order valence-corrected chi connectivity index (χ4v) is 9.18. The number of hydrogen-bond donors (Lipinski definition) is 0. The summed E-state index contributed by atoms with van der Waals surface area (Å²) in [6.45, 7) is 6.18. The summed E-state index contributed by atoms with van der Waals surface area (Å²) in [6.07, 6.45) is 12.3. The molecule has 0 atom stereocenters. The first-order valence-corrected chi connectivity index (χ1v) is 18.0. The lowest BCUT2D eigenvalue weighted by Gasteiger charge is -2.55. The highest BCUT2D eigenvalue weighted by molar-refractivity contribution is 7.23. The summed E-state index contributed by atoms with van der Waals surface area (Å²) in [7, 11) is 5.07. The van der Waals surface area contributed by atoms with E-state index in [4.69, 9.17) is 29.2 Å². The van der Waals surface area contributed by atoms with Crippen LogP contribution in [0.4, 0.5) is 15.4 Å². The van der Waals surface area contributed by atoms with E-state index in [0.717, 1.165) is 63.3 Å². The minimum Gasteiger partial charge on any atom is -0.497 e. The molecular formula is C36H36N6O3S3. The number of anilines is 3. The van der Waals surface area contributed by atoms with Crippen molar-refractivity contribution in [2.24, 2.45) is 0 Å². The van der Waals surface area contributed by atoms with Crippen molar-refractivity contribution >= 4 is 80.1 Å². The molecule has 9 nitrogen and oxygen atoms in total. The normalized spacial score (nSPS) is 18.9. The topological polar surface area (TPSA) is 76.1 Å². The van der Waals surface area contributed by atoms with Crippen LogP contribution in [0.15, 0.2) is 91.1 Å². The summed E-state index contributed by atoms with van der Waals surface area (Å²) in [4.78, 5) is 22.8. The number of benzene rings is 3. The Hall–Kier alpha value is -4.65. The molecule has 1 saturated heterocycles. The van der Waals surface area contributed by atoms with Gasteiger partial charge in [-0.05, 0) is 93.6 Å². The van der Waals surface area contributed by atoms with Crippen molar-refractivity contribution in [1.29, 1.82) is 0 Å². The second-order valence-corrected chi connectivity index (χ2v) is 14.1. The first kappa shape index (κ1) is 31.9. The molecule has 246 valence electrons. The van der Waals surface area contributed by atoms with E-state index < -0.39 is 0 Å². The molecule has 1 aliphatic heterocycles. The van der Waals surface area contributed by atoms with Crippen molar-refractivity contribution in [1.82, 2.24) is 15.0 Å². The van der Waals surface area contributed by atoms with Crippen LogP contribution in [0.5, 0.6) is 17.2 Å². The lowest BCUT2D eigenvalue weighted by Crippen LogP contribution is -2.70. The summed E-state index contributed by atoms with van der Waals surface area (Å²) >= 11 is 4.95. The Kier molecular flexibility index (Phi) is 8.95. The van der Waals surface area contributed by atoms with Crippen molar-refractivity contribution in [2.45, 2.75) is 39.3 Å². The Morgan fingerprint density at radius 3 is 1.04 bits per heavy atom. The monoisotopic (exact) mass is 696 g/mol. The third-order valence-electron chi connectivity index (χ3n) is 8.22. The first-order chi connectivity index (χ1) is 23.5. The fraction of sp³-hybridized carbons (Fsp3) is 0.250. The highest BCUT2D eigenvalue weighted by Gasteiger charge is 2.47. The van der Waals surface area contributed by atoms with Gasteiger partial charge in [-0.15, -0.1) is 0 Å². The zero-order valence-electron chi connectivity index (χ0n) is 27.5. The SMILES string of the molecule is C/C=C/C1N(c2nc3ccc(OC)cc3s2)C(/C=C/C)N(c2nc3ccc(OC)cc3s2)C(/C=C/C)N1c1nc2ccc(OC)cc2s1. The van der Waals surface area contributed by atoms with Crippen molar-refractivity contribution in [3.8, 4) is 17.2 Å². The van der Waals surface area contributed by atoms with Crippen LogP contribution in [0.25, 0.3) is 30.6 Å². The second-order valence-electron chi connectivity index (χ2n) is 11.0. The summed E-state index contributed by atoms with van der Waals surface area (Å²) in [5.41, 5.74) is 2.76.